The van der Waals surface area contributed by atoms with Gasteiger partial charge in [-0.2, -0.15) is 11.3 Å². The van der Waals surface area contributed by atoms with Crippen LogP contribution in [0.15, 0.2) is 16.8 Å². The summed E-state index contributed by atoms with van der Waals surface area (Å²) in [4.78, 5) is 23.3. The number of rotatable bonds is 6. The summed E-state index contributed by atoms with van der Waals surface area (Å²) in [5, 5.41) is 19.0. The summed E-state index contributed by atoms with van der Waals surface area (Å²) in [7, 11) is 0. The predicted octanol–water partition coefficient (Wildman–Crippen LogP) is 2.62. The lowest BCUT2D eigenvalue weighted by Crippen LogP contribution is -2.47. The molecule has 1 atom stereocenters. The molecule has 0 bridgehead atoms. The molecule has 5 nitrogen and oxygen atoms in total. The standard InChI is InChI=1S/C15H22N2O3S/c1-11(8-12-4-7-21-9-12)17-14(20)16-10-15(13(18)19)5-2-3-6-15/h4,7,9,11H,2-3,5-6,8,10H2,1H3,(H,18,19)(H2,16,17,20). The molecule has 1 aliphatic carbocycles. The van der Waals surface area contributed by atoms with Gasteiger partial charge in [0.1, 0.15) is 0 Å². The average Bonchev–Trinajstić information content (AvgIpc) is 3.07. The second kappa shape index (κ2) is 6.93. The van der Waals surface area contributed by atoms with Crippen molar-refractivity contribution in [3.63, 3.8) is 0 Å². The zero-order chi connectivity index (χ0) is 15.3. The third-order valence-electron chi connectivity index (χ3n) is 4.10. The Morgan fingerprint density at radius 1 is 1.43 bits per heavy atom. The molecule has 1 aromatic heterocycles. The molecule has 1 unspecified atom stereocenters. The Morgan fingerprint density at radius 3 is 2.71 bits per heavy atom. The quantitative estimate of drug-likeness (QED) is 0.756. The highest BCUT2D eigenvalue weighted by Crippen LogP contribution is 2.37. The zero-order valence-electron chi connectivity index (χ0n) is 12.2. The maximum Gasteiger partial charge on any atom is 0.315 e. The molecule has 0 aliphatic heterocycles. The number of thiophene rings is 1. The Balaban J connectivity index is 1.77. The number of carbonyl (C=O) groups is 2. The Kier molecular flexibility index (Phi) is 5.22. The Morgan fingerprint density at radius 2 is 2.14 bits per heavy atom. The first-order valence-corrected chi connectivity index (χ1v) is 8.25. The van der Waals surface area contributed by atoms with E-state index >= 15 is 0 Å². The molecular weight excluding hydrogens is 288 g/mol. The van der Waals surface area contributed by atoms with Gasteiger partial charge in [-0.15, -0.1) is 0 Å². The Labute approximate surface area is 128 Å². The molecule has 1 aliphatic rings. The van der Waals surface area contributed by atoms with Crippen molar-refractivity contribution in [3.05, 3.63) is 22.4 Å². The first-order valence-electron chi connectivity index (χ1n) is 7.31. The highest BCUT2D eigenvalue weighted by Gasteiger charge is 2.41. The van der Waals surface area contributed by atoms with E-state index in [-0.39, 0.29) is 18.6 Å². The summed E-state index contributed by atoms with van der Waals surface area (Å²) < 4.78 is 0. The molecule has 1 heterocycles. The van der Waals surface area contributed by atoms with Crippen molar-refractivity contribution in [1.82, 2.24) is 10.6 Å². The van der Waals surface area contributed by atoms with E-state index in [1.54, 1.807) is 11.3 Å². The van der Waals surface area contributed by atoms with Gasteiger partial charge in [-0.25, -0.2) is 4.79 Å². The van der Waals surface area contributed by atoms with Crippen molar-refractivity contribution >= 4 is 23.3 Å². The van der Waals surface area contributed by atoms with Crippen molar-refractivity contribution in [2.45, 2.75) is 45.1 Å². The van der Waals surface area contributed by atoms with Crippen LogP contribution in [0.25, 0.3) is 0 Å². The van der Waals surface area contributed by atoms with Gasteiger partial charge in [-0.3, -0.25) is 4.79 Å². The van der Waals surface area contributed by atoms with Crippen LogP contribution in [0.2, 0.25) is 0 Å². The lowest BCUT2D eigenvalue weighted by molar-refractivity contribution is -0.148. The molecule has 1 fully saturated rings. The molecule has 3 N–H and O–H groups in total. The van der Waals surface area contributed by atoms with Gasteiger partial charge < -0.3 is 15.7 Å². The monoisotopic (exact) mass is 310 g/mol. The number of hydrogen-bond donors (Lipinski definition) is 3. The van der Waals surface area contributed by atoms with Crippen molar-refractivity contribution in [1.29, 1.82) is 0 Å². The van der Waals surface area contributed by atoms with E-state index in [1.807, 2.05) is 18.4 Å². The number of carboxylic acid groups (broad SMARTS) is 1. The predicted molar refractivity (Wildman–Crippen MR) is 82.6 cm³/mol. The largest absolute Gasteiger partial charge is 0.481 e. The second-order valence-electron chi connectivity index (χ2n) is 5.86. The number of hydrogen-bond acceptors (Lipinski definition) is 3. The summed E-state index contributed by atoms with van der Waals surface area (Å²) in [5.74, 6) is -0.799. The average molecular weight is 310 g/mol. The fourth-order valence-corrected chi connectivity index (χ4v) is 3.54. The minimum atomic E-state index is -0.799. The number of carboxylic acids is 1. The smallest absolute Gasteiger partial charge is 0.315 e. The van der Waals surface area contributed by atoms with Crippen molar-refractivity contribution in [3.8, 4) is 0 Å². The Hall–Kier alpha value is -1.56. The van der Waals surface area contributed by atoms with Gasteiger partial charge in [0, 0.05) is 12.6 Å². The van der Waals surface area contributed by atoms with Gasteiger partial charge in [-0.05, 0) is 48.6 Å². The molecule has 1 aromatic rings. The van der Waals surface area contributed by atoms with Crippen LogP contribution < -0.4 is 10.6 Å². The summed E-state index contributed by atoms with van der Waals surface area (Å²) in [6, 6.07) is 1.77. The van der Waals surface area contributed by atoms with Gasteiger partial charge in [0.2, 0.25) is 0 Å². The number of amides is 2. The topological polar surface area (TPSA) is 78.4 Å². The zero-order valence-corrected chi connectivity index (χ0v) is 13.0. The molecule has 0 aromatic carbocycles. The normalized spacial score (nSPS) is 18.1. The van der Waals surface area contributed by atoms with E-state index in [4.69, 9.17) is 0 Å². The fourth-order valence-electron chi connectivity index (χ4n) is 2.86. The number of urea groups is 1. The molecule has 1 saturated carbocycles. The van der Waals surface area contributed by atoms with Gasteiger partial charge >= 0.3 is 12.0 Å². The molecule has 2 rings (SSSR count). The second-order valence-corrected chi connectivity index (χ2v) is 6.64. The third-order valence-corrected chi connectivity index (χ3v) is 4.83. The lowest BCUT2D eigenvalue weighted by atomic mass is 9.86. The van der Waals surface area contributed by atoms with E-state index < -0.39 is 11.4 Å². The highest BCUT2D eigenvalue weighted by molar-refractivity contribution is 7.07. The first-order chi connectivity index (χ1) is 10.0. The van der Waals surface area contributed by atoms with Gasteiger partial charge in [-0.1, -0.05) is 12.8 Å². The molecule has 0 spiro atoms. The van der Waals surface area contributed by atoms with Crippen LogP contribution in [0.1, 0.15) is 38.2 Å². The summed E-state index contributed by atoms with van der Waals surface area (Å²) in [5.41, 5.74) is 0.430. The van der Waals surface area contributed by atoms with E-state index in [2.05, 4.69) is 16.0 Å². The lowest BCUT2D eigenvalue weighted by Gasteiger charge is -2.24. The number of nitrogens with one attached hydrogen (secondary N) is 2. The van der Waals surface area contributed by atoms with Crippen LogP contribution in [0.4, 0.5) is 4.79 Å². The van der Waals surface area contributed by atoms with Crippen LogP contribution >= 0.6 is 11.3 Å². The van der Waals surface area contributed by atoms with Gasteiger partial charge in [0.15, 0.2) is 0 Å². The summed E-state index contributed by atoms with van der Waals surface area (Å²) >= 11 is 1.64. The molecule has 21 heavy (non-hydrogen) atoms. The minimum absolute atomic E-state index is 0.0176. The SMILES string of the molecule is CC(Cc1ccsc1)NC(=O)NCC1(C(=O)O)CCCC1. The van der Waals surface area contributed by atoms with Gasteiger partial charge in [0.25, 0.3) is 0 Å². The van der Waals surface area contributed by atoms with E-state index in [0.717, 1.165) is 19.3 Å². The first kappa shape index (κ1) is 15.8. The van der Waals surface area contributed by atoms with Crippen LogP contribution in [0.5, 0.6) is 0 Å². The van der Waals surface area contributed by atoms with Crippen LogP contribution in [-0.4, -0.2) is 29.7 Å². The van der Waals surface area contributed by atoms with E-state index in [1.165, 1.54) is 5.56 Å². The maximum absolute atomic E-state index is 11.9. The highest BCUT2D eigenvalue weighted by atomic mass is 32.1. The van der Waals surface area contributed by atoms with E-state index in [9.17, 15) is 14.7 Å². The van der Waals surface area contributed by atoms with Crippen molar-refractivity contribution in [2.75, 3.05) is 6.54 Å². The van der Waals surface area contributed by atoms with Gasteiger partial charge in [0.05, 0.1) is 5.41 Å². The Bertz CT molecular complexity index is 481. The third kappa shape index (κ3) is 4.20. The number of aliphatic carboxylic acids is 1. The van der Waals surface area contributed by atoms with Crippen molar-refractivity contribution in [2.24, 2.45) is 5.41 Å². The van der Waals surface area contributed by atoms with Crippen molar-refractivity contribution < 1.29 is 14.7 Å². The van der Waals surface area contributed by atoms with E-state index in [0.29, 0.717) is 12.8 Å². The molecular formula is C15H22N2O3S. The fraction of sp³-hybridized carbons (Fsp3) is 0.600. The summed E-state index contributed by atoms with van der Waals surface area (Å²) in [6.07, 6.45) is 3.91. The summed E-state index contributed by atoms with van der Waals surface area (Å²) in [6.45, 7) is 2.15. The van der Waals surface area contributed by atoms with Crippen LogP contribution in [0.3, 0.4) is 0 Å². The molecule has 0 saturated heterocycles. The number of carbonyl (C=O) groups excluding carboxylic acids is 1. The maximum atomic E-state index is 11.9. The van der Waals surface area contributed by atoms with Crippen LogP contribution in [-0.2, 0) is 11.2 Å². The minimum Gasteiger partial charge on any atom is -0.481 e. The molecule has 2 amide bonds. The van der Waals surface area contributed by atoms with Crippen LogP contribution in [0, 0.1) is 5.41 Å². The molecule has 0 radical (unpaired) electrons. The molecule has 116 valence electrons. The molecule has 6 heteroatoms.